The smallest absolute Gasteiger partial charge is 0.259 e. The molecule has 0 bridgehead atoms. The van der Waals surface area contributed by atoms with Gasteiger partial charge in [-0.2, -0.15) is 5.26 Å². The minimum atomic E-state index is -2.21. The summed E-state index contributed by atoms with van der Waals surface area (Å²) in [7, 11) is 1.49. The first-order valence-electron chi connectivity index (χ1n) is 9.88. The van der Waals surface area contributed by atoms with Crippen LogP contribution in [0.3, 0.4) is 0 Å². The Kier molecular flexibility index (Phi) is 6.99. The monoisotopic (exact) mass is 404 g/mol. The van der Waals surface area contributed by atoms with Crippen molar-refractivity contribution in [2.24, 2.45) is 0 Å². The SMILES string of the molecule is CNCC(F)F.N#CCN1CN(C2CCCCC2)c2c(cnc3[nH]ccc23)C1=O. The number of hydrogen-bond acceptors (Lipinski definition) is 5. The van der Waals surface area contributed by atoms with Gasteiger partial charge >= 0.3 is 0 Å². The molecule has 0 saturated heterocycles. The summed E-state index contributed by atoms with van der Waals surface area (Å²) in [5.74, 6) is -0.0933. The van der Waals surface area contributed by atoms with E-state index in [9.17, 15) is 13.6 Å². The van der Waals surface area contributed by atoms with Crippen LogP contribution in [0, 0.1) is 11.3 Å². The molecule has 29 heavy (non-hydrogen) atoms. The number of nitriles is 1. The normalized spacial score (nSPS) is 17.1. The van der Waals surface area contributed by atoms with E-state index in [1.54, 1.807) is 11.1 Å². The third-order valence-electron chi connectivity index (χ3n) is 5.32. The number of nitrogens with one attached hydrogen (secondary N) is 2. The Balaban J connectivity index is 0.000000353. The van der Waals surface area contributed by atoms with Gasteiger partial charge in [0.15, 0.2) is 0 Å². The van der Waals surface area contributed by atoms with E-state index < -0.39 is 6.43 Å². The van der Waals surface area contributed by atoms with Crippen LogP contribution < -0.4 is 10.2 Å². The van der Waals surface area contributed by atoms with E-state index in [1.807, 2.05) is 12.3 Å². The molecule has 2 aromatic rings. The summed E-state index contributed by atoms with van der Waals surface area (Å²) in [6, 6.07) is 4.52. The summed E-state index contributed by atoms with van der Waals surface area (Å²) in [6.07, 6.45) is 7.32. The summed E-state index contributed by atoms with van der Waals surface area (Å²) in [5.41, 5.74) is 2.41. The zero-order chi connectivity index (χ0) is 20.8. The zero-order valence-corrected chi connectivity index (χ0v) is 16.5. The predicted molar refractivity (Wildman–Crippen MR) is 107 cm³/mol. The van der Waals surface area contributed by atoms with E-state index in [1.165, 1.54) is 26.3 Å². The van der Waals surface area contributed by atoms with E-state index in [2.05, 4.69) is 26.3 Å². The Morgan fingerprint density at radius 3 is 2.76 bits per heavy atom. The van der Waals surface area contributed by atoms with Crippen molar-refractivity contribution in [3.8, 4) is 6.07 Å². The second-order valence-corrected chi connectivity index (χ2v) is 7.27. The summed E-state index contributed by atoms with van der Waals surface area (Å²) >= 11 is 0. The van der Waals surface area contributed by atoms with Crippen molar-refractivity contribution >= 4 is 22.6 Å². The van der Waals surface area contributed by atoms with Gasteiger partial charge in [-0.25, -0.2) is 13.8 Å². The van der Waals surface area contributed by atoms with Crippen molar-refractivity contribution in [1.29, 1.82) is 5.26 Å². The number of pyridine rings is 1. The number of alkyl halides is 2. The first-order chi connectivity index (χ1) is 14.1. The van der Waals surface area contributed by atoms with Crippen LogP contribution in [0.25, 0.3) is 11.0 Å². The third-order valence-corrected chi connectivity index (χ3v) is 5.32. The molecule has 2 aromatic heterocycles. The summed E-state index contributed by atoms with van der Waals surface area (Å²) < 4.78 is 21.9. The van der Waals surface area contributed by atoms with Crippen molar-refractivity contribution in [3.63, 3.8) is 0 Å². The molecular weight excluding hydrogens is 378 g/mol. The fraction of sp³-hybridized carbons (Fsp3) is 0.550. The number of aromatic nitrogens is 2. The van der Waals surface area contributed by atoms with E-state index >= 15 is 0 Å². The Morgan fingerprint density at radius 1 is 1.38 bits per heavy atom. The molecule has 1 aliphatic carbocycles. The van der Waals surface area contributed by atoms with Gasteiger partial charge < -0.3 is 20.1 Å². The van der Waals surface area contributed by atoms with Crippen molar-refractivity contribution in [2.75, 3.05) is 31.7 Å². The highest BCUT2D eigenvalue weighted by molar-refractivity contribution is 6.08. The molecule has 0 unspecified atom stereocenters. The van der Waals surface area contributed by atoms with Crippen LogP contribution >= 0.6 is 0 Å². The number of anilines is 1. The third kappa shape index (κ3) is 4.65. The Labute approximate surface area is 168 Å². The molecule has 1 saturated carbocycles. The molecule has 3 heterocycles. The van der Waals surface area contributed by atoms with Crippen LogP contribution in [0.2, 0.25) is 0 Å². The van der Waals surface area contributed by atoms with E-state index in [4.69, 9.17) is 5.26 Å². The Hall–Kier alpha value is -2.73. The van der Waals surface area contributed by atoms with Crippen LogP contribution in [0.15, 0.2) is 18.5 Å². The molecule has 4 rings (SSSR count). The highest BCUT2D eigenvalue weighted by atomic mass is 19.3. The molecule has 0 aromatic carbocycles. The lowest BCUT2D eigenvalue weighted by Crippen LogP contribution is -2.51. The van der Waals surface area contributed by atoms with Crippen LogP contribution in [0.4, 0.5) is 14.5 Å². The fourth-order valence-electron chi connectivity index (χ4n) is 4.00. The molecule has 7 nitrogen and oxygen atoms in total. The maximum Gasteiger partial charge on any atom is 0.259 e. The Bertz CT molecular complexity index is 871. The van der Waals surface area contributed by atoms with Crippen molar-refractivity contribution < 1.29 is 13.6 Å². The van der Waals surface area contributed by atoms with Gasteiger partial charge in [0, 0.05) is 23.8 Å². The first-order valence-corrected chi connectivity index (χ1v) is 9.88. The molecule has 1 fully saturated rings. The molecule has 0 atom stereocenters. The van der Waals surface area contributed by atoms with Crippen LogP contribution in [-0.4, -0.2) is 60.0 Å². The van der Waals surface area contributed by atoms with Crippen molar-refractivity contribution in [3.05, 3.63) is 24.0 Å². The predicted octanol–water partition coefficient (Wildman–Crippen LogP) is 3.11. The average molecular weight is 404 g/mol. The quantitative estimate of drug-likeness (QED) is 0.765. The lowest BCUT2D eigenvalue weighted by Gasteiger charge is -2.43. The van der Waals surface area contributed by atoms with Crippen LogP contribution in [-0.2, 0) is 0 Å². The standard InChI is InChI=1S/C17H19N5O.C3H7F2N/c18-7-9-21-11-22(12-4-2-1-3-5-12)15-13-6-8-19-16(13)20-10-14(15)17(21)23;1-6-2-3(4)5/h6,8,10,12H,1-5,9,11H2,(H,19,20);3,6H,2H2,1H3. The minimum Gasteiger partial charge on any atom is -0.349 e. The largest absolute Gasteiger partial charge is 0.349 e. The van der Waals surface area contributed by atoms with Gasteiger partial charge in [-0.3, -0.25) is 4.79 Å². The fourth-order valence-corrected chi connectivity index (χ4v) is 4.00. The van der Waals surface area contributed by atoms with E-state index in [0.717, 1.165) is 29.6 Å². The summed E-state index contributed by atoms with van der Waals surface area (Å²) in [4.78, 5) is 24.1. The second-order valence-electron chi connectivity index (χ2n) is 7.27. The number of carbonyl (C=O) groups excluding carboxylic acids is 1. The molecule has 156 valence electrons. The van der Waals surface area contributed by atoms with Gasteiger partial charge in [0.05, 0.1) is 30.5 Å². The lowest BCUT2D eigenvalue weighted by molar-refractivity contribution is 0.0755. The molecule has 0 spiro atoms. The molecule has 2 aliphatic rings. The number of hydrogen-bond donors (Lipinski definition) is 2. The molecule has 0 radical (unpaired) electrons. The summed E-state index contributed by atoms with van der Waals surface area (Å²) in [5, 5.41) is 12.4. The molecule has 9 heteroatoms. The number of aromatic amines is 1. The highest BCUT2D eigenvalue weighted by Gasteiger charge is 2.35. The molecular formula is C20H26F2N6O. The van der Waals surface area contributed by atoms with Crippen molar-refractivity contribution in [2.45, 2.75) is 44.6 Å². The maximum atomic E-state index is 12.7. The van der Waals surface area contributed by atoms with Gasteiger partial charge in [-0.15, -0.1) is 0 Å². The number of H-pyrrole nitrogens is 1. The van der Waals surface area contributed by atoms with E-state index in [-0.39, 0.29) is 19.0 Å². The van der Waals surface area contributed by atoms with Gasteiger partial charge in [0.2, 0.25) is 0 Å². The molecule has 1 amide bonds. The Morgan fingerprint density at radius 2 is 2.14 bits per heavy atom. The number of carbonyl (C=O) groups is 1. The number of amides is 1. The zero-order valence-electron chi connectivity index (χ0n) is 16.5. The molecule has 1 aliphatic heterocycles. The van der Waals surface area contributed by atoms with E-state index in [0.29, 0.717) is 18.3 Å². The lowest BCUT2D eigenvalue weighted by atomic mass is 9.92. The van der Waals surface area contributed by atoms with Gasteiger partial charge in [0.1, 0.15) is 12.2 Å². The number of rotatable bonds is 4. The topological polar surface area (TPSA) is 88.1 Å². The maximum absolute atomic E-state index is 12.7. The number of fused-ring (bicyclic) bond motifs is 3. The van der Waals surface area contributed by atoms with Crippen molar-refractivity contribution in [1.82, 2.24) is 20.2 Å². The number of halogens is 2. The second kappa shape index (κ2) is 9.65. The summed E-state index contributed by atoms with van der Waals surface area (Å²) in [6.45, 7) is 0.404. The van der Waals surface area contributed by atoms with Crippen LogP contribution in [0.5, 0.6) is 0 Å². The first kappa shape index (κ1) is 21.0. The minimum absolute atomic E-state index is 0.0933. The highest BCUT2D eigenvalue weighted by Crippen LogP contribution is 2.37. The van der Waals surface area contributed by atoms with Gasteiger partial charge in [-0.05, 0) is 26.0 Å². The number of nitrogens with zero attached hydrogens (tertiary/aromatic N) is 4. The average Bonchev–Trinajstić information content (AvgIpc) is 3.20. The van der Waals surface area contributed by atoms with Gasteiger partial charge in [0.25, 0.3) is 12.3 Å². The van der Waals surface area contributed by atoms with Crippen LogP contribution in [0.1, 0.15) is 42.5 Å². The molecule has 2 N–H and O–H groups in total. The van der Waals surface area contributed by atoms with Gasteiger partial charge in [-0.1, -0.05) is 19.3 Å².